The number of nitrogens with one attached hydrogen (secondary N) is 1. The maximum atomic E-state index is 13.3. The molecule has 0 radical (unpaired) electrons. The van der Waals surface area contributed by atoms with Crippen molar-refractivity contribution in [3.05, 3.63) is 118 Å². The van der Waals surface area contributed by atoms with Crippen molar-refractivity contribution in [3.8, 4) is 5.75 Å². The molecule has 0 spiro atoms. The molecule has 1 fully saturated rings. The molecule has 0 saturated carbocycles. The highest BCUT2D eigenvalue weighted by Crippen LogP contribution is 2.36. The van der Waals surface area contributed by atoms with Crippen molar-refractivity contribution in [1.29, 1.82) is 0 Å². The Labute approximate surface area is 232 Å². The van der Waals surface area contributed by atoms with Crippen LogP contribution in [0.25, 0.3) is 6.08 Å². The number of amidine groups is 1. The molecule has 0 bridgehead atoms. The molecule has 5 rings (SSSR count). The fourth-order valence-corrected chi connectivity index (χ4v) is 4.89. The van der Waals surface area contributed by atoms with Gasteiger partial charge in [0.2, 0.25) is 0 Å². The first-order valence-corrected chi connectivity index (χ1v) is 13.0. The highest BCUT2D eigenvalue weighted by Gasteiger charge is 2.34. The van der Waals surface area contributed by atoms with E-state index >= 15 is 0 Å². The third-order valence-corrected chi connectivity index (χ3v) is 6.81. The van der Waals surface area contributed by atoms with Crippen LogP contribution in [0.5, 0.6) is 5.75 Å². The van der Waals surface area contributed by atoms with Gasteiger partial charge in [-0.1, -0.05) is 35.9 Å². The second-order valence-electron chi connectivity index (χ2n) is 8.34. The SMILES string of the molecule is O=C(COc1ccc(/C=C2\SC(=Nc3ccccc3)N(Cc3ccco3)C2=O)cc1Cl)Nc1ccc(F)cc1. The number of halogens is 2. The van der Waals surface area contributed by atoms with Crippen LogP contribution in [0.3, 0.4) is 0 Å². The van der Waals surface area contributed by atoms with Crippen molar-refractivity contribution in [1.82, 2.24) is 4.90 Å². The molecule has 1 aliphatic heterocycles. The quantitative estimate of drug-likeness (QED) is 0.237. The van der Waals surface area contributed by atoms with E-state index in [1.165, 1.54) is 36.0 Å². The minimum atomic E-state index is -0.418. The summed E-state index contributed by atoms with van der Waals surface area (Å²) in [5.74, 6) is -0.0735. The van der Waals surface area contributed by atoms with Crippen LogP contribution in [-0.4, -0.2) is 28.5 Å². The Morgan fingerprint density at radius 2 is 1.87 bits per heavy atom. The highest BCUT2D eigenvalue weighted by molar-refractivity contribution is 8.18. The van der Waals surface area contributed by atoms with Crippen LogP contribution in [0.15, 0.2) is 106 Å². The smallest absolute Gasteiger partial charge is 0.267 e. The molecule has 2 heterocycles. The Morgan fingerprint density at radius 3 is 2.59 bits per heavy atom. The molecule has 1 aromatic heterocycles. The molecule has 0 unspecified atom stereocenters. The summed E-state index contributed by atoms with van der Waals surface area (Å²) >= 11 is 7.67. The van der Waals surface area contributed by atoms with Crippen molar-refractivity contribution in [3.63, 3.8) is 0 Å². The number of ether oxygens (including phenoxy) is 1. The molecule has 1 saturated heterocycles. The minimum absolute atomic E-state index is 0.208. The number of furan rings is 1. The Morgan fingerprint density at radius 1 is 1.08 bits per heavy atom. The van der Waals surface area contributed by atoms with Gasteiger partial charge in [-0.05, 0) is 84.1 Å². The molecule has 196 valence electrons. The molecular formula is C29H21ClFN3O4S. The number of aliphatic imine (C=N–C) groups is 1. The number of thioether (sulfide) groups is 1. The summed E-state index contributed by atoms with van der Waals surface area (Å²) in [4.78, 5) is 32.2. The van der Waals surface area contributed by atoms with Gasteiger partial charge in [0.05, 0.1) is 28.4 Å². The Balaban J connectivity index is 1.29. The van der Waals surface area contributed by atoms with E-state index in [9.17, 15) is 14.0 Å². The van der Waals surface area contributed by atoms with E-state index in [0.29, 0.717) is 32.8 Å². The summed E-state index contributed by atoms with van der Waals surface area (Å²) in [6.45, 7) is -0.0394. The molecule has 1 N–H and O–H groups in total. The van der Waals surface area contributed by atoms with Crippen LogP contribution < -0.4 is 10.1 Å². The van der Waals surface area contributed by atoms with E-state index < -0.39 is 11.7 Å². The number of hydrogen-bond acceptors (Lipinski definition) is 6. The maximum absolute atomic E-state index is 13.3. The van der Waals surface area contributed by atoms with E-state index in [1.807, 2.05) is 30.3 Å². The van der Waals surface area contributed by atoms with Crippen molar-refractivity contribution < 1.29 is 23.1 Å². The molecule has 0 atom stereocenters. The third kappa shape index (κ3) is 6.76. The first kappa shape index (κ1) is 26.3. The summed E-state index contributed by atoms with van der Waals surface area (Å²) in [5, 5.41) is 3.43. The summed E-state index contributed by atoms with van der Waals surface area (Å²) in [5.41, 5.74) is 1.86. The summed E-state index contributed by atoms with van der Waals surface area (Å²) in [6.07, 6.45) is 3.29. The largest absolute Gasteiger partial charge is 0.482 e. The van der Waals surface area contributed by atoms with Crippen LogP contribution in [0.1, 0.15) is 11.3 Å². The predicted octanol–water partition coefficient (Wildman–Crippen LogP) is 6.89. The van der Waals surface area contributed by atoms with Crippen molar-refractivity contribution in [2.45, 2.75) is 6.54 Å². The summed E-state index contributed by atoms with van der Waals surface area (Å²) in [6, 6.07) is 23.4. The van der Waals surface area contributed by atoms with Gasteiger partial charge < -0.3 is 14.5 Å². The minimum Gasteiger partial charge on any atom is -0.482 e. The number of para-hydroxylation sites is 1. The fraction of sp³-hybridized carbons (Fsp3) is 0.0690. The fourth-order valence-electron chi connectivity index (χ4n) is 3.65. The lowest BCUT2D eigenvalue weighted by Gasteiger charge is -2.13. The molecule has 39 heavy (non-hydrogen) atoms. The van der Waals surface area contributed by atoms with Crippen LogP contribution in [0.2, 0.25) is 5.02 Å². The van der Waals surface area contributed by atoms with Crippen molar-refractivity contribution >= 4 is 57.8 Å². The van der Waals surface area contributed by atoms with Gasteiger partial charge in [-0.2, -0.15) is 0 Å². The molecule has 0 aliphatic carbocycles. The number of benzene rings is 3. The van der Waals surface area contributed by atoms with E-state index in [4.69, 9.17) is 20.8 Å². The Kier molecular flexibility index (Phi) is 8.10. The first-order valence-electron chi connectivity index (χ1n) is 11.8. The number of rotatable bonds is 8. The predicted molar refractivity (Wildman–Crippen MR) is 150 cm³/mol. The molecule has 10 heteroatoms. The van der Waals surface area contributed by atoms with E-state index in [0.717, 1.165) is 5.69 Å². The lowest BCUT2D eigenvalue weighted by atomic mass is 10.2. The van der Waals surface area contributed by atoms with Crippen molar-refractivity contribution in [2.24, 2.45) is 4.99 Å². The van der Waals surface area contributed by atoms with Gasteiger partial charge >= 0.3 is 0 Å². The average Bonchev–Trinajstić information content (AvgIpc) is 3.54. The van der Waals surface area contributed by atoms with Crippen LogP contribution in [0.4, 0.5) is 15.8 Å². The number of carbonyl (C=O) groups is 2. The van der Waals surface area contributed by atoms with Crippen molar-refractivity contribution in [2.75, 3.05) is 11.9 Å². The van der Waals surface area contributed by atoms with E-state index in [-0.39, 0.29) is 24.1 Å². The Bertz CT molecular complexity index is 1540. The van der Waals surface area contributed by atoms with Gasteiger partial charge in [0.15, 0.2) is 11.8 Å². The average molecular weight is 562 g/mol. The molecule has 1 aliphatic rings. The van der Waals surface area contributed by atoms with Crippen LogP contribution in [0, 0.1) is 5.82 Å². The monoisotopic (exact) mass is 561 g/mol. The molecule has 2 amide bonds. The van der Waals surface area contributed by atoms with E-state index in [2.05, 4.69) is 10.3 Å². The van der Waals surface area contributed by atoms with Gasteiger partial charge in [-0.25, -0.2) is 9.38 Å². The molecular weight excluding hydrogens is 541 g/mol. The van der Waals surface area contributed by atoms with E-state index in [1.54, 1.807) is 47.6 Å². The zero-order valence-corrected chi connectivity index (χ0v) is 21.9. The van der Waals surface area contributed by atoms with Gasteiger partial charge in [0.1, 0.15) is 17.3 Å². The second-order valence-corrected chi connectivity index (χ2v) is 9.76. The van der Waals surface area contributed by atoms with Gasteiger partial charge in [0.25, 0.3) is 11.8 Å². The standard InChI is InChI=1S/C29H21ClFN3O4S/c30-24-15-19(8-13-25(24)38-18-27(35)32-22-11-9-20(31)10-12-22)16-26-28(36)34(17-23-7-4-14-37-23)29(39-26)33-21-5-2-1-3-6-21/h1-16H,17-18H2,(H,32,35)/b26-16-,33-29?. The Hall–Kier alpha value is -4.34. The topological polar surface area (TPSA) is 84.1 Å². The number of nitrogens with zero attached hydrogens (tertiary/aromatic N) is 2. The molecule has 4 aromatic rings. The van der Waals surface area contributed by atoms with Crippen LogP contribution in [-0.2, 0) is 16.1 Å². The number of carbonyl (C=O) groups excluding carboxylic acids is 2. The number of hydrogen-bond donors (Lipinski definition) is 1. The normalized spacial score (nSPS) is 15.2. The molecule has 3 aromatic carbocycles. The van der Waals surface area contributed by atoms with Gasteiger partial charge in [-0.15, -0.1) is 0 Å². The summed E-state index contributed by atoms with van der Waals surface area (Å²) < 4.78 is 24.0. The first-order chi connectivity index (χ1) is 18.9. The lowest BCUT2D eigenvalue weighted by Crippen LogP contribution is -2.28. The molecule has 7 nitrogen and oxygen atoms in total. The van der Waals surface area contributed by atoms with Gasteiger partial charge in [0, 0.05) is 5.69 Å². The van der Waals surface area contributed by atoms with Gasteiger partial charge in [-0.3, -0.25) is 14.5 Å². The zero-order chi connectivity index (χ0) is 27.2. The highest BCUT2D eigenvalue weighted by atomic mass is 35.5. The third-order valence-electron chi connectivity index (χ3n) is 5.50. The number of anilines is 1. The summed E-state index contributed by atoms with van der Waals surface area (Å²) in [7, 11) is 0. The zero-order valence-electron chi connectivity index (χ0n) is 20.3. The lowest BCUT2D eigenvalue weighted by molar-refractivity contribution is -0.122. The van der Waals surface area contributed by atoms with Crippen LogP contribution >= 0.6 is 23.4 Å². The second kappa shape index (κ2) is 12.0. The maximum Gasteiger partial charge on any atom is 0.267 e. The number of amides is 2.